The molecule has 3 heterocycles. The summed E-state index contributed by atoms with van der Waals surface area (Å²) >= 11 is 5.91. The molecule has 1 N–H and O–H groups in total. The molecule has 2 fully saturated rings. The topological polar surface area (TPSA) is 88.0 Å². The molecule has 33 heavy (non-hydrogen) atoms. The van der Waals surface area contributed by atoms with Gasteiger partial charge >= 0.3 is 6.09 Å². The number of methoxy groups -OCH3 is 1. The lowest BCUT2D eigenvalue weighted by Gasteiger charge is -2.51. The summed E-state index contributed by atoms with van der Waals surface area (Å²) in [5, 5.41) is 18.4. The number of ether oxygens (including phenoxy) is 2. The van der Waals surface area contributed by atoms with Crippen LogP contribution >= 0.6 is 11.6 Å². The van der Waals surface area contributed by atoms with E-state index in [0.29, 0.717) is 29.9 Å². The van der Waals surface area contributed by atoms with Gasteiger partial charge in [0.25, 0.3) is 0 Å². The van der Waals surface area contributed by atoms with E-state index in [9.17, 15) is 14.3 Å². The minimum absolute atomic E-state index is 0.0433. The van der Waals surface area contributed by atoms with Gasteiger partial charge in [-0.05, 0) is 63.8 Å². The molecule has 2 saturated heterocycles. The van der Waals surface area contributed by atoms with Crippen LogP contribution in [-0.4, -0.2) is 64.4 Å². The zero-order valence-electron chi connectivity index (χ0n) is 19.1. The van der Waals surface area contributed by atoms with E-state index in [0.717, 1.165) is 12.8 Å². The molecule has 10 heteroatoms. The number of carbonyl (C=O) groups is 1. The van der Waals surface area contributed by atoms with E-state index in [2.05, 4.69) is 15.1 Å². The van der Waals surface area contributed by atoms with E-state index < -0.39 is 23.0 Å². The van der Waals surface area contributed by atoms with Crippen molar-refractivity contribution in [3.05, 3.63) is 35.1 Å². The molecule has 0 saturated carbocycles. The summed E-state index contributed by atoms with van der Waals surface area (Å²) in [7, 11) is 3.40. The first-order valence-electron chi connectivity index (χ1n) is 10.8. The predicted molar refractivity (Wildman–Crippen MR) is 122 cm³/mol. The highest BCUT2D eigenvalue weighted by molar-refractivity contribution is 6.31. The average Bonchev–Trinajstić information content (AvgIpc) is 2.95. The van der Waals surface area contributed by atoms with E-state index in [1.807, 2.05) is 27.0 Å². The molecule has 4 rings (SSSR count). The van der Waals surface area contributed by atoms with Crippen LogP contribution in [0.2, 0.25) is 5.02 Å². The van der Waals surface area contributed by atoms with Crippen molar-refractivity contribution in [2.24, 2.45) is 0 Å². The lowest BCUT2D eigenvalue weighted by atomic mass is 9.82. The second kappa shape index (κ2) is 8.61. The van der Waals surface area contributed by atoms with Gasteiger partial charge in [0, 0.05) is 36.8 Å². The smallest absolute Gasteiger partial charge is 0.408 e. The molecular weight excluding hydrogens is 451 g/mol. The first-order chi connectivity index (χ1) is 15.6. The highest BCUT2D eigenvalue weighted by Gasteiger charge is 2.58. The van der Waals surface area contributed by atoms with E-state index in [1.54, 1.807) is 17.0 Å². The van der Waals surface area contributed by atoms with Crippen LogP contribution in [0.1, 0.15) is 39.5 Å². The maximum Gasteiger partial charge on any atom is 0.408 e. The van der Waals surface area contributed by atoms with Gasteiger partial charge in [-0.15, -0.1) is 10.2 Å². The summed E-state index contributed by atoms with van der Waals surface area (Å²) in [6.45, 7) is 3.92. The van der Waals surface area contributed by atoms with Gasteiger partial charge in [-0.25, -0.2) is 9.18 Å². The van der Waals surface area contributed by atoms with Gasteiger partial charge in [-0.1, -0.05) is 11.6 Å². The van der Waals surface area contributed by atoms with Crippen LogP contribution in [0.4, 0.5) is 15.0 Å². The molecule has 1 amide bonds. The third-order valence-electron chi connectivity index (χ3n) is 7.03. The Labute approximate surface area is 197 Å². The van der Waals surface area contributed by atoms with Gasteiger partial charge in [0.05, 0.1) is 10.7 Å². The number of anilines is 1. The molecule has 8 nitrogen and oxygen atoms in total. The molecule has 2 aromatic rings. The van der Waals surface area contributed by atoms with Gasteiger partial charge in [0.15, 0.2) is 24.2 Å². The lowest BCUT2D eigenvalue weighted by Crippen LogP contribution is -2.62. The molecule has 0 aliphatic carbocycles. The second-order valence-electron chi connectivity index (χ2n) is 9.35. The molecule has 0 unspecified atom stereocenters. The molecule has 178 valence electrons. The van der Waals surface area contributed by atoms with Gasteiger partial charge in [-0.2, -0.15) is 0 Å². The number of aromatic nitrogens is 2. The van der Waals surface area contributed by atoms with Crippen molar-refractivity contribution in [3.8, 4) is 17.0 Å². The van der Waals surface area contributed by atoms with Crippen LogP contribution in [0, 0.1) is 5.82 Å². The Morgan fingerprint density at radius 3 is 2.45 bits per heavy atom. The van der Waals surface area contributed by atoms with Crippen molar-refractivity contribution in [1.82, 2.24) is 15.1 Å². The molecular formula is C23H28ClFN4O4. The van der Waals surface area contributed by atoms with Crippen LogP contribution in [-0.2, 0) is 4.74 Å². The van der Waals surface area contributed by atoms with E-state index in [-0.39, 0.29) is 23.6 Å². The average molecular weight is 479 g/mol. The standard InChI is InChI=1S/C23H28ClFN4O4/c1-22-9-10-23(2,29(22)21(30)31)12-14(11-22)28(3)18-8-7-17(26-27-18)15-5-6-16(24)19(25)20(15)33-13-32-4/h5-8,14H,9-13H2,1-4H3,(H,30,31)/t14-,22-,23+. The second-order valence-corrected chi connectivity index (χ2v) is 9.76. The van der Waals surface area contributed by atoms with E-state index in [1.165, 1.54) is 13.2 Å². The Balaban J connectivity index is 1.58. The molecule has 2 bridgehead atoms. The van der Waals surface area contributed by atoms with E-state index >= 15 is 0 Å². The third-order valence-corrected chi connectivity index (χ3v) is 7.32. The van der Waals surface area contributed by atoms with Crippen molar-refractivity contribution in [2.45, 2.75) is 56.7 Å². The Kier molecular flexibility index (Phi) is 6.13. The number of amides is 1. The molecule has 0 spiro atoms. The Morgan fingerprint density at radius 1 is 1.24 bits per heavy atom. The van der Waals surface area contributed by atoms with Gasteiger partial charge in [0.2, 0.25) is 0 Å². The molecule has 3 atom stereocenters. The number of hydrogen-bond acceptors (Lipinski definition) is 6. The Hall–Kier alpha value is -2.65. The van der Waals surface area contributed by atoms with Gasteiger partial charge in [-0.3, -0.25) is 4.90 Å². The summed E-state index contributed by atoms with van der Waals surface area (Å²) in [6, 6.07) is 6.77. The summed E-state index contributed by atoms with van der Waals surface area (Å²) < 4.78 is 24.8. The van der Waals surface area contributed by atoms with Crippen molar-refractivity contribution in [2.75, 3.05) is 25.9 Å². The van der Waals surface area contributed by atoms with Crippen LogP contribution < -0.4 is 9.64 Å². The molecule has 0 radical (unpaired) electrons. The van der Waals surface area contributed by atoms with Crippen LogP contribution in [0.5, 0.6) is 5.75 Å². The highest BCUT2D eigenvalue weighted by Crippen LogP contribution is 2.51. The summed E-state index contributed by atoms with van der Waals surface area (Å²) in [6.07, 6.45) is 2.26. The number of nitrogens with zero attached hydrogens (tertiary/aromatic N) is 4. The number of rotatable bonds is 6. The fraction of sp³-hybridized carbons (Fsp3) is 0.522. The quantitative estimate of drug-likeness (QED) is 0.596. The monoisotopic (exact) mass is 478 g/mol. The maximum atomic E-state index is 14.5. The minimum Gasteiger partial charge on any atom is -0.465 e. The first-order valence-corrected chi connectivity index (χ1v) is 11.2. The number of piperidine rings is 1. The predicted octanol–water partition coefficient (Wildman–Crippen LogP) is 4.81. The van der Waals surface area contributed by atoms with Crippen LogP contribution in [0.15, 0.2) is 24.3 Å². The fourth-order valence-corrected chi connectivity index (χ4v) is 5.61. The molecule has 2 aliphatic rings. The largest absolute Gasteiger partial charge is 0.465 e. The van der Waals surface area contributed by atoms with Crippen molar-refractivity contribution in [3.63, 3.8) is 0 Å². The van der Waals surface area contributed by atoms with Crippen molar-refractivity contribution < 1.29 is 23.8 Å². The summed E-state index contributed by atoms with van der Waals surface area (Å²) in [5.41, 5.74) is 0.0519. The molecule has 2 aliphatic heterocycles. The normalized spacial score (nSPS) is 26.4. The molecule has 1 aromatic heterocycles. The van der Waals surface area contributed by atoms with Crippen LogP contribution in [0.25, 0.3) is 11.3 Å². The first kappa shape index (κ1) is 23.5. The SMILES string of the molecule is COCOc1c(-c2ccc(N(C)[C@H]3C[C@]4(C)CC[C@](C)(C3)N4C(=O)O)nn2)ccc(Cl)c1F. The summed E-state index contributed by atoms with van der Waals surface area (Å²) in [5.74, 6) is -0.0671. The van der Waals surface area contributed by atoms with Crippen molar-refractivity contribution >= 4 is 23.5 Å². The minimum atomic E-state index is -0.857. The van der Waals surface area contributed by atoms with Crippen molar-refractivity contribution in [1.29, 1.82) is 0 Å². The third kappa shape index (κ3) is 4.08. The number of carboxylic acid groups (broad SMARTS) is 1. The van der Waals surface area contributed by atoms with Crippen LogP contribution in [0.3, 0.4) is 0 Å². The maximum absolute atomic E-state index is 14.5. The number of fused-ring (bicyclic) bond motifs is 2. The number of hydrogen-bond donors (Lipinski definition) is 1. The Bertz CT molecular complexity index is 1040. The summed E-state index contributed by atoms with van der Waals surface area (Å²) in [4.78, 5) is 15.6. The lowest BCUT2D eigenvalue weighted by molar-refractivity contribution is 0.0131. The van der Waals surface area contributed by atoms with Gasteiger partial charge in [0.1, 0.15) is 0 Å². The van der Waals surface area contributed by atoms with Gasteiger partial charge < -0.3 is 19.5 Å². The molecule has 1 aromatic carbocycles. The highest BCUT2D eigenvalue weighted by atomic mass is 35.5. The fourth-order valence-electron chi connectivity index (χ4n) is 5.46. The number of halogens is 2. The van der Waals surface area contributed by atoms with E-state index in [4.69, 9.17) is 21.1 Å². The number of benzene rings is 1. The zero-order valence-corrected chi connectivity index (χ0v) is 19.9. The zero-order chi connectivity index (χ0) is 24.0. The Morgan fingerprint density at radius 2 is 1.91 bits per heavy atom.